The lowest BCUT2D eigenvalue weighted by Gasteiger charge is -2.12. The summed E-state index contributed by atoms with van der Waals surface area (Å²) in [4.78, 5) is 12.0. The van der Waals surface area contributed by atoms with Crippen molar-refractivity contribution in [2.45, 2.75) is 39.7 Å². The van der Waals surface area contributed by atoms with Crippen LogP contribution in [-0.4, -0.2) is 18.6 Å². The number of nitrogens with one attached hydrogen (secondary N) is 1. The molecule has 0 bridgehead atoms. The predicted molar refractivity (Wildman–Crippen MR) is 104 cm³/mol. The van der Waals surface area contributed by atoms with Gasteiger partial charge in [-0.3, -0.25) is 4.79 Å². The SMILES string of the molecule is CCCc1ccc(OCC(=O)Nc2ccc(OC(C)C)cc2)c(Br)c1. The number of halogens is 1. The summed E-state index contributed by atoms with van der Waals surface area (Å²) in [6.45, 7) is 6.04. The van der Waals surface area contributed by atoms with Crippen molar-refractivity contribution in [2.75, 3.05) is 11.9 Å². The van der Waals surface area contributed by atoms with Gasteiger partial charge < -0.3 is 14.8 Å². The third-order valence-electron chi connectivity index (χ3n) is 3.40. The average Bonchev–Trinajstić information content (AvgIpc) is 2.56. The van der Waals surface area contributed by atoms with E-state index in [0.717, 1.165) is 23.1 Å². The van der Waals surface area contributed by atoms with E-state index < -0.39 is 0 Å². The Morgan fingerprint density at radius 1 is 1.16 bits per heavy atom. The summed E-state index contributed by atoms with van der Waals surface area (Å²) in [6, 6.07) is 13.2. The van der Waals surface area contributed by atoms with Crippen molar-refractivity contribution in [1.29, 1.82) is 0 Å². The van der Waals surface area contributed by atoms with E-state index in [2.05, 4.69) is 28.2 Å². The molecule has 0 atom stereocenters. The molecule has 0 unspecified atom stereocenters. The van der Waals surface area contributed by atoms with Crippen LogP contribution in [0.5, 0.6) is 11.5 Å². The van der Waals surface area contributed by atoms with E-state index >= 15 is 0 Å². The standard InChI is InChI=1S/C20H24BrNO3/c1-4-5-15-6-11-19(18(21)12-15)24-13-20(23)22-16-7-9-17(10-8-16)25-14(2)3/h6-12,14H,4-5,13H2,1-3H3,(H,22,23). The summed E-state index contributed by atoms with van der Waals surface area (Å²) in [6.07, 6.45) is 2.24. The molecule has 0 radical (unpaired) electrons. The number of carbonyl (C=O) groups excluding carboxylic acids is 1. The number of aryl methyl sites for hydroxylation is 1. The van der Waals surface area contributed by atoms with Crippen LogP contribution in [0.3, 0.4) is 0 Å². The van der Waals surface area contributed by atoms with Crippen LogP contribution < -0.4 is 14.8 Å². The summed E-state index contributed by atoms with van der Waals surface area (Å²) < 4.78 is 12.0. The lowest BCUT2D eigenvalue weighted by Crippen LogP contribution is -2.20. The number of rotatable bonds is 8. The number of hydrogen-bond donors (Lipinski definition) is 1. The van der Waals surface area contributed by atoms with Gasteiger partial charge in [0.15, 0.2) is 6.61 Å². The summed E-state index contributed by atoms with van der Waals surface area (Å²) in [7, 11) is 0. The van der Waals surface area contributed by atoms with Gasteiger partial charge in [0.05, 0.1) is 10.6 Å². The lowest BCUT2D eigenvalue weighted by molar-refractivity contribution is -0.118. The van der Waals surface area contributed by atoms with Crippen molar-refractivity contribution < 1.29 is 14.3 Å². The van der Waals surface area contributed by atoms with Gasteiger partial charge in [0.1, 0.15) is 11.5 Å². The van der Waals surface area contributed by atoms with Crippen LogP contribution >= 0.6 is 15.9 Å². The van der Waals surface area contributed by atoms with Gasteiger partial charge in [-0.05, 0) is 78.2 Å². The molecule has 2 aromatic carbocycles. The maximum absolute atomic E-state index is 12.0. The number of anilines is 1. The van der Waals surface area contributed by atoms with Gasteiger partial charge in [0.2, 0.25) is 0 Å². The molecule has 0 spiro atoms. The molecule has 0 aliphatic rings. The molecule has 5 heteroatoms. The molecular formula is C20H24BrNO3. The first kappa shape index (κ1) is 19.3. The van der Waals surface area contributed by atoms with Gasteiger partial charge in [-0.1, -0.05) is 19.4 Å². The summed E-state index contributed by atoms with van der Waals surface area (Å²) in [5, 5.41) is 2.81. The highest BCUT2D eigenvalue weighted by Gasteiger charge is 2.07. The molecule has 0 fully saturated rings. The molecule has 0 aliphatic carbocycles. The topological polar surface area (TPSA) is 47.6 Å². The second kappa shape index (κ2) is 9.47. The third-order valence-corrected chi connectivity index (χ3v) is 4.02. The zero-order valence-electron chi connectivity index (χ0n) is 14.8. The molecule has 2 aromatic rings. The minimum atomic E-state index is -0.206. The Hall–Kier alpha value is -2.01. The van der Waals surface area contributed by atoms with Gasteiger partial charge >= 0.3 is 0 Å². The molecule has 4 nitrogen and oxygen atoms in total. The fourth-order valence-electron chi connectivity index (χ4n) is 2.33. The van der Waals surface area contributed by atoms with Crippen molar-refractivity contribution in [3.8, 4) is 11.5 Å². The third kappa shape index (κ3) is 6.42. The lowest BCUT2D eigenvalue weighted by atomic mass is 10.1. The summed E-state index contributed by atoms with van der Waals surface area (Å²) in [5.41, 5.74) is 1.96. The maximum Gasteiger partial charge on any atom is 0.262 e. The highest BCUT2D eigenvalue weighted by atomic mass is 79.9. The van der Waals surface area contributed by atoms with Crippen molar-refractivity contribution in [1.82, 2.24) is 0 Å². The smallest absolute Gasteiger partial charge is 0.262 e. The van der Waals surface area contributed by atoms with Crippen molar-refractivity contribution in [3.05, 3.63) is 52.5 Å². The van der Waals surface area contributed by atoms with Gasteiger partial charge in [-0.2, -0.15) is 0 Å². The fourth-order valence-corrected chi connectivity index (χ4v) is 2.88. The molecule has 2 rings (SSSR count). The number of amides is 1. The number of ether oxygens (including phenoxy) is 2. The second-order valence-electron chi connectivity index (χ2n) is 6.04. The minimum absolute atomic E-state index is 0.0457. The Bertz CT molecular complexity index is 699. The largest absolute Gasteiger partial charge is 0.491 e. The molecule has 25 heavy (non-hydrogen) atoms. The van der Waals surface area contributed by atoms with Gasteiger partial charge in [0.25, 0.3) is 5.91 Å². The highest BCUT2D eigenvalue weighted by molar-refractivity contribution is 9.10. The number of hydrogen-bond acceptors (Lipinski definition) is 3. The fraction of sp³-hybridized carbons (Fsp3) is 0.350. The number of carbonyl (C=O) groups is 1. The zero-order chi connectivity index (χ0) is 18.2. The van der Waals surface area contributed by atoms with Crippen LogP contribution in [0.1, 0.15) is 32.8 Å². The molecule has 0 aliphatic heterocycles. The Balaban J connectivity index is 1.86. The first-order chi connectivity index (χ1) is 12.0. The van der Waals surface area contributed by atoms with E-state index in [-0.39, 0.29) is 18.6 Å². The normalized spacial score (nSPS) is 10.6. The molecule has 1 amide bonds. The van der Waals surface area contributed by atoms with Gasteiger partial charge in [-0.25, -0.2) is 0 Å². The van der Waals surface area contributed by atoms with E-state index in [4.69, 9.17) is 9.47 Å². The zero-order valence-corrected chi connectivity index (χ0v) is 16.4. The maximum atomic E-state index is 12.0. The van der Waals surface area contributed by atoms with Gasteiger partial charge in [-0.15, -0.1) is 0 Å². The molecular weight excluding hydrogens is 382 g/mol. The van der Waals surface area contributed by atoms with Crippen LogP contribution in [0.15, 0.2) is 46.9 Å². The monoisotopic (exact) mass is 405 g/mol. The number of benzene rings is 2. The highest BCUT2D eigenvalue weighted by Crippen LogP contribution is 2.26. The average molecular weight is 406 g/mol. The molecule has 134 valence electrons. The predicted octanol–water partition coefficient (Wildman–Crippen LogP) is 5.21. The first-order valence-corrected chi connectivity index (χ1v) is 9.25. The Morgan fingerprint density at radius 3 is 2.48 bits per heavy atom. The van der Waals surface area contributed by atoms with E-state index in [0.29, 0.717) is 11.4 Å². The second-order valence-corrected chi connectivity index (χ2v) is 6.90. The van der Waals surface area contributed by atoms with E-state index in [1.54, 1.807) is 0 Å². The van der Waals surface area contributed by atoms with Crippen LogP contribution in [0, 0.1) is 0 Å². The van der Waals surface area contributed by atoms with E-state index in [1.807, 2.05) is 56.3 Å². The Kier molecular flexibility index (Phi) is 7.31. The minimum Gasteiger partial charge on any atom is -0.491 e. The van der Waals surface area contributed by atoms with Crippen LogP contribution in [-0.2, 0) is 11.2 Å². The van der Waals surface area contributed by atoms with E-state index in [1.165, 1.54) is 5.56 Å². The quantitative estimate of drug-likeness (QED) is 0.655. The first-order valence-electron chi connectivity index (χ1n) is 8.45. The van der Waals surface area contributed by atoms with Crippen molar-refractivity contribution >= 4 is 27.5 Å². The van der Waals surface area contributed by atoms with Gasteiger partial charge in [0, 0.05) is 5.69 Å². The van der Waals surface area contributed by atoms with Crippen LogP contribution in [0.4, 0.5) is 5.69 Å². The molecule has 0 heterocycles. The van der Waals surface area contributed by atoms with Crippen LogP contribution in [0.25, 0.3) is 0 Å². The van der Waals surface area contributed by atoms with Crippen molar-refractivity contribution in [3.63, 3.8) is 0 Å². The molecule has 1 N–H and O–H groups in total. The summed E-state index contributed by atoms with van der Waals surface area (Å²) >= 11 is 3.49. The molecule has 0 saturated carbocycles. The molecule has 0 saturated heterocycles. The Labute approximate surface area is 157 Å². The Morgan fingerprint density at radius 2 is 1.88 bits per heavy atom. The molecule has 0 aromatic heterocycles. The van der Waals surface area contributed by atoms with Crippen molar-refractivity contribution in [2.24, 2.45) is 0 Å². The summed E-state index contributed by atoms with van der Waals surface area (Å²) in [5.74, 6) is 1.23. The van der Waals surface area contributed by atoms with Crippen LogP contribution in [0.2, 0.25) is 0 Å². The van der Waals surface area contributed by atoms with E-state index in [9.17, 15) is 4.79 Å².